The van der Waals surface area contributed by atoms with Gasteiger partial charge < -0.3 is 15.7 Å². The zero-order valence-corrected chi connectivity index (χ0v) is 15.4. The Balaban J connectivity index is 2.40. The number of sulfonamides is 1. The van der Waals surface area contributed by atoms with Gasteiger partial charge in [0.1, 0.15) is 10.3 Å². The van der Waals surface area contributed by atoms with Gasteiger partial charge in [0.2, 0.25) is 11.8 Å². The molecule has 0 aliphatic heterocycles. The largest absolute Gasteiger partial charge is 0.480 e. The standard InChI is InChI=1S/C14H21N3O6S2/c1-9(2)6-10(14(20)21)17-12(19)7-15-11(18)8-16-25(22,23)13-4-3-5-24-13/h3-5,9-10,16H,6-8H2,1-2H3,(H,15,18)(H,17,19)(H,20,21)/t10-/m0/s1. The molecule has 1 heterocycles. The number of carboxylic acids is 1. The number of hydrogen-bond donors (Lipinski definition) is 4. The summed E-state index contributed by atoms with van der Waals surface area (Å²) in [5.41, 5.74) is 0. The van der Waals surface area contributed by atoms with Gasteiger partial charge in [0.25, 0.3) is 10.0 Å². The van der Waals surface area contributed by atoms with E-state index in [-0.39, 0.29) is 16.5 Å². The molecule has 25 heavy (non-hydrogen) atoms. The lowest BCUT2D eigenvalue weighted by atomic mass is 10.0. The molecule has 1 atom stereocenters. The molecular formula is C14H21N3O6S2. The Labute approximate surface area is 149 Å². The summed E-state index contributed by atoms with van der Waals surface area (Å²) in [6.07, 6.45) is 0.260. The van der Waals surface area contributed by atoms with Crippen molar-refractivity contribution in [3.63, 3.8) is 0 Å². The Kier molecular flexibility index (Phi) is 8.00. The zero-order valence-electron chi connectivity index (χ0n) is 13.8. The first kappa shape index (κ1) is 21.1. The minimum atomic E-state index is -3.76. The Hall–Kier alpha value is -1.98. The van der Waals surface area contributed by atoms with Crippen LogP contribution in [0.5, 0.6) is 0 Å². The first-order valence-corrected chi connectivity index (χ1v) is 9.80. The van der Waals surface area contributed by atoms with Crippen molar-refractivity contribution in [3.05, 3.63) is 17.5 Å². The van der Waals surface area contributed by atoms with Gasteiger partial charge in [-0.15, -0.1) is 11.3 Å². The van der Waals surface area contributed by atoms with Crippen LogP contribution >= 0.6 is 11.3 Å². The van der Waals surface area contributed by atoms with E-state index in [1.165, 1.54) is 6.07 Å². The second-order valence-corrected chi connectivity index (χ2v) is 8.56. The highest BCUT2D eigenvalue weighted by Gasteiger charge is 2.21. The number of amides is 2. The van der Waals surface area contributed by atoms with Crippen molar-refractivity contribution in [2.75, 3.05) is 13.1 Å². The van der Waals surface area contributed by atoms with Crippen LogP contribution in [0.3, 0.4) is 0 Å². The van der Waals surface area contributed by atoms with Gasteiger partial charge in [-0.25, -0.2) is 17.9 Å². The highest BCUT2D eigenvalue weighted by Crippen LogP contribution is 2.14. The van der Waals surface area contributed by atoms with Gasteiger partial charge in [-0.2, -0.15) is 0 Å². The first-order valence-electron chi connectivity index (χ1n) is 7.44. The van der Waals surface area contributed by atoms with Gasteiger partial charge in [0.05, 0.1) is 13.1 Å². The molecule has 1 aromatic heterocycles. The Morgan fingerprint density at radius 3 is 2.40 bits per heavy atom. The van der Waals surface area contributed by atoms with Gasteiger partial charge in [-0.1, -0.05) is 19.9 Å². The number of rotatable bonds is 10. The molecule has 140 valence electrons. The van der Waals surface area contributed by atoms with E-state index in [4.69, 9.17) is 5.11 Å². The quantitative estimate of drug-likeness (QED) is 0.434. The smallest absolute Gasteiger partial charge is 0.326 e. The third kappa shape index (κ3) is 7.63. The van der Waals surface area contributed by atoms with Crippen LogP contribution in [0.4, 0.5) is 0 Å². The van der Waals surface area contributed by atoms with Crippen LogP contribution in [0, 0.1) is 5.92 Å². The second kappa shape index (κ2) is 9.49. The monoisotopic (exact) mass is 391 g/mol. The highest BCUT2D eigenvalue weighted by molar-refractivity contribution is 7.91. The summed E-state index contributed by atoms with van der Waals surface area (Å²) in [6, 6.07) is 1.93. The predicted molar refractivity (Wildman–Crippen MR) is 91.5 cm³/mol. The molecule has 0 bridgehead atoms. The van der Waals surface area contributed by atoms with Crippen LogP contribution in [0.1, 0.15) is 20.3 Å². The molecule has 4 N–H and O–H groups in total. The van der Waals surface area contributed by atoms with E-state index in [1.54, 1.807) is 11.4 Å². The van der Waals surface area contributed by atoms with Gasteiger partial charge in [0.15, 0.2) is 0 Å². The van der Waals surface area contributed by atoms with E-state index >= 15 is 0 Å². The predicted octanol–water partition coefficient (Wildman–Crippen LogP) is -0.242. The lowest BCUT2D eigenvalue weighted by molar-refractivity contribution is -0.142. The number of nitrogens with one attached hydrogen (secondary N) is 3. The minimum Gasteiger partial charge on any atom is -0.480 e. The molecule has 0 aromatic carbocycles. The van der Waals surface area contributed by atoms with E-state index in [2.05, 4.69) is 15.4 Å². The molecule has 0 unspecified atom stereocenters. The molecule has 0 saturated carbocycles. The molecule has 2 amide bonds. The van der Waals surface area contributed by atoms with Crippen molar-refractivity contribution in [1.29, 1.82) is 0 Å². The van der Waals surface area contributed by atoms with E-state index in [0.29, 0.717) is 0 Å². The van der Waals surface area contributed by atoms with Gasteiger partial charge in [-0.05, 0) is 23.8 Å². The third-order valence-electron chi connectivity index (χ3n) is 2.97. The van der Waals surface area contributed by atoms with Crippen molar-refractivity contribution in [1.82, 2.24) is 15.4 Å². The fraction of sp³-hybridized carbons (Fsp3) is 0.500. The van der Waals surface area contributed by atoms with Gasteiger partial charge in [0, 0.05) is 0 Å². The lowest BCUT2D eigenvalue weighted by Crippen LogP contribution is -2.47. The molecule has 0 spiro atoms. The average molecular weight is 391 g/mol. The van der Waals surface area contributed by atoms with Crippen molar-refractivity contribution < 1.29 is 27.9 Å². The average Bonchev–Trinajstić information content (AvgIpc) is 3.05. The second-order valence-electron chi connectivity index (χ2n) is 5.62. The van der Waals surface area contributed by atoms with Crippen LogP contribution in [0.2, 0.25) is 0 Å². The normalized spacial score (nSPS) is 12.6. The highest BCUT2D eigenvalue weighted by atomic mass is 32.2. The topological polar surface area (TPSA) is 142 Å². The summed E-state index contributed by atoms with van der Waals surface area (Å²) < 4.78 is 25.9. The number of hydrogen-bond acceptors (Lipinski definition) is 6. The number of carbonyl (C=O) groups is 3. The summed E-state index contributed by atoms with van der Waals surface area (Å²) in [7, 11) is -3.76. The van der Waals surface area contributed by atoms with Crippen LogP contribution < -0.4 is 15.4 Å². The molecule has 0 aliphatic rings. The maximum Gasteiger partial charge on any atom is 0.326 e. The molecule has 0 aliphatic carbocycles. The van der Waals surface area contributed by atoms with E-state index in [0.717, 1.165) is 11.3 Å². The van der Waals surface area contributed by atoms with Crippen LogP contribution in [0.15, 0.2) is 21.7 Å². The molecule has 1 aromatic rings. The van der Waals surface area contributed by atoms with Crippen LogP contribution in [0.25, 0.3) is 0 Å². The fourth-order valence-corrected chi connectivity index (χ4v) is 3.85. The van der Waals surface area contributed by atoms with E-state index < -0.39 is 46.9 Å². The fourth-order valence-electron chi connectivity index (χ4n) is 1.83. The third-order valence-corrected chi connectivity index (χ3v) is 5.77. The summed E-state index contributed by atoms with van der Waals surface area (Å²) in [5, 5.41) is 15.2. The first-order chi connectivity index (χ1) is 11.6. The molecule has 11 heteroatoms. The van der Waals surface area contributed by atoms with Gasteiger partial charge >= 0.3 is 5.97 Å². The lowest BCUT2D eigenvalue weighted by Gasteiger charge is -2.16. The number of carboxylic acid groups (broad SMARTS) is 1. The SMILES string of the molecule is CC(C)C[C@H](NC(=O)CNC(=O)CNS(=O)(=O)c1cccs1)C(=O)O. The molecule has 0 saturated heterocycles. The number of carbonyl (C=O) groups excluding carboxylic acids is 2. The Morgan fingerprint density at radius 2 is 1.88 bits per heavy atom. The van der Waals surface area contributed by atoms with Crippen molar-refractivity contribution in [2.45, 2.75) is 30.5 Å². The van der Waals surface area contributed by atoms with Crippen molar-refractivity contribution in [3.8, 4) is 0 Å². The molecule has 0 fully saturated rings. The summed E-state index contributed by atoms with van der Waals surface area (Å²) in [5.74, 6) is -2.45. The Morgan fingerprint density at radius 1 is 1.20 bits per heavy atom. The molecule has 0 radical (unpaired) electrons. The summed E-state index contributed by atoms with van der Waals surface area (Å²) in [6.45, 7) is 2.68. The molecule has 1 rings (SSSR count). The van der Waals surface area contributed by atoms with Crippen LogP contribution in [-0.4, -0.2) is 50.4 Å². The van der Waals surface area contributed by atoms with Crippen LogP contribution in [-0.2, 0) is 24.4 Å². The van der Waals surface area contributed by atoms with Crippen molar-refractivity contribution >= 4 is 39.1 Å². The summed E-state index contributed by atoms with van der Waals surface area (Å²) >= 11 is 1.01. The van der Waals surface area contributed by atoms with E-state index in [9.17, 15) is 22.8 Å². The molecule has 9 nitrogen and oxygen atoms in total. The molecular weight excluding hydrogens is 370 g/mol. The maximum absolute atomic E-state index is 11.8. The maximum atomic E-state index is 11.8. The Bertz CT molecular complexity index is 700. The van der Waals surface area contributed by atoms with Crippen molar-refractivity contribution in [2.24, 2.45) is 5.92 Å². The summed E-state index contributed by atoms with van der Waals surface area (Å²) in [4.78, 5) is 34.4. The van der Waals surface area contributed by atoms with E-state index in [1.807, 2.05) is 13.8 Å². The zero-order chi connectivity index (χ0) is 19.0. The number of aliphatic carboxylic acids is 1. The minimum absolute atomic E-state index is 0.0719. The van der Waals surface area contributed by atoms with Gasteiger partial charge in [-0.3, -0.25) is 9.59 Å². The number of thiophene rings is 1.